The van der Waals surface area contributed by atoms with Crippen LogP contribution in [0.1, 0.15) is 36.5 Å². The van der Waals surface area contributed by atoms with E-state index in [1.165, 1.54) is 11.6 Å². The molecule has 0 aliphatic heterocycles. The number of benzene rings is 2. The Bertz CT molecular complexity index is 992. The van der Waals surface area contributed by atoms with Crippen LogP contribution in [0.4, 0.5) is 0 Å². The molecular weight excluding hydrogens is 404 g/mol. The smallest absolute Gasteiger partial charge is 0.336 e. The van der Waals surface area contributed by atoms with Crippen molar-refractivity contribution in [3.8, 4) is 5.75 Å². The lowest BCUT2D eigenvalue weighted by molar-refractivity contribution is 0.304. The molecule has 0 spiro atoms. The number of hydrogen-bond donors (Lipinski definition) is 0. The van der Waals surface area contributed by atoms with Gasteiger partial charge in [-0.05, 0) is 70.2 Å². The molecule has 2 aromatic carbocycles. The molecule has 25 heavy (non-hydrogen) atoms. The molecule has 3 aromatic rings. The fraction of sp³-hybridized carbons (Fsp3) is 0.250. The zero-order chi connectivity index (χ0) is 18.1. The fourth-order valence-corrected chi connectivity index (χ4v) is 3.68. The molecule has 0 amide bonds. The number of ether oxygens (including phenoxy) is 1. The van der Waals surface area contributed by atoms with Gasteiger partial charge in [0.1, 0.15) is 17.9 Å². The van der Waals surface area contributed by atoms with Gasteiger partial charge in [-0.15, -0.1) is 0 Å². The van der Waals surface area contributed by atoms with Crippen molar-refractivity contribution in [1.29, 1.82) is 0 Å². The van der Waals surface area contributed by atoms with Crippen molar-refractivity contribution in [1.82, 2.24) is 0 Å². The van der Waals surface area contributed by atoms with E-state index in [4.69, 9.17) is 20.8 Å². The minimum absolute atomic E-state index is 0.267. The van der Waals surface area contributed by atoms with Crippen LogP contribution in [0.25, 0.3) is 11.0 Å². The van der Waals surface area contributed by atoms with Gasteiger partial charge in [0.25, 0.3) is 0 Å². The molecule has 3 nitrogen and oxygen atoms in total. The molecule has 0 saturated carbocycles. The van der Waals surface area contributed by atoms with Gasteiger partial charge in [-0.25, -0.2) is 4.79 Å². The van der Waals surface area contributed by atoms with Crippen LogP contribution in [0.2, 0.25) is 5.02 Å². The van der Waals surface area contributed by atoms with Crippen LogP contribution in [0.5, 0.6) is 5.75 Å². The van der Waals surface area contributed by atoms with Crippen LogP contribution in [0.3, 0.4) is 0 Å². The van der Waals surface area contributed by atoms with Crippen LogP contribution < -0.4 is 10.4 Å². The van der Waals surface area contributed by atoms with E-state index in [1.54, 1.807) is 18.2 Å². The van der Waals surface area contributed by atoms with Crippen molar-refractivity contribution < 1.29 is 9.15 Å². The molecule has 1 aromatic heterocycles. The maximum absolute atomic E-state index is 11.9. The third-order valence-corrected chi connectivity index (χ3v) is 4.97. The van der Waals surface area contributed by atoms with Crippen molar-refractivity contribution >= 4 is 38.5 Å². The molecule has 0 N–H and O–H groups in total. The van der Waals surface area contributed by atoms with E-state index < -0.39 is 0 Å². The van der Waals surface area contributed by atoms with E-state index in [-0.39, 0.29) is 12.2 Å². The summed E-state index contributed by atoms with van der Waals surface area (Å²) in [7, 11) is 0. The lowest BCUT2D eigenvalue weighted by atomic mass is 9.95. The van der Waals surface area contributed by atoms with Gasteiger partial charge in [-0.3, -0.25) is 0 Å². The summed E-state index contributed by atoms with van der Waals surface area (Å²) in [5.41, 5.74) is 3.36. The highest BCUT2D eigenvalue weighted by Crippen LogP contribution is 2.30. The fourth-order valence-electron chi connectivity index (χ4n) is 2.88. The quantitative estimate of drug-likeness (QED) is 0.469. The molecule has 0 bridgehead atoms. The van der Waals surface area contributed by atoms with E-state index >= 15 is 0 Å². The summed E-state index contributed by atoms with van der Waals surface area (Å²) < 4.78 is 12.0. The zero-order valence-corrected chi connectivity index (χ0v) is 16.6. The predicted molar refractivity (Wildman–Crippen MR) is 105 cm³/mol. The van der Waals surface area contributed by atoms with Crippen molar-refractivity contribution in [2.45, 2.75) is 33.3 Å². The summed E-state index contributed by atoms with van der Waals surface area (Å²) >= 11 is 9.39. The monoisotopic (exact) mass is 420 g/mol. The van der Waals surface area contributed by atoms with Crippen LogP contribution >= 0.6 is 27.5 Å². The Morgan fingerprint density at radius 2 is 1.96 bits per heavy atom. The normalized spacial score (nSPS) is 11.3. The maximum Gasteiger partial charge on any atom is 0.336 e. The second kappa shape index (κ2) is 7.22. The Balaban J connectivity index is 2.02. The van der Waals surface area contributed by atoms with Gasteiger partial charge in [0.05, 0.1) is 4.47 Å². The molecule has 3 rings (SSSR count). The summed E-state index contributed by atoms with van der Waals surface area (Å²) in [6.45, 7) is 6.59. The summed E-state index contributed by atoms with van der Waals surface area (Å²) in [6.07, 6.45) is 0. The zero-order valence-electron chi connectivity index (χ0n) is 14.2. The molecular formula is C20H18BrClO3. The summed E-state index contributed by atoms with van der Waals surface area (Å²) in [5, 5.41) is 1.53. The van der Waals surface area contributed by atoms with E-state index in [2.05, 4.69) is 35.8 Å². The minimum Gasteiger partial charge on any atom is -0.488 e. The lowest BCUT2D eigenvalue weighted by Crippen LogP contribution is -2.05. The lowest BCUT2D eigenvalue weighted by Gasteiger charge is -2.14. The van der Waals surface area contributed by atoms with Gasteiger partial charge >= 0.3 is 5.63 Å². The van der Waals surface area contributed by atoms with Crippen LogP contribution in [-0.2, 0) is 6.61 Å². The summed E-state index contributed by atoms with van der Waals surface area (Å²) in [4.78, 5) is 11.9. The Kier molecular flexibility index (Phi) is 5.21. The predicted octanol–water partition coefficient (Wildman–Crippen LogP) is 6.22. The average Bonchev–Trinajstić information content (AvgIpc) is 2.52. The third kappa shape index (κ3) is 3.91. The standard InChI is InChI=1S/C20H18BrClO3/c1-11(2)15-9-16-13(7-20(23)25-19(16)6-12(15)3)10-24-18-5-4-14(22)8-17(18)21/h4-9,11H,10H2,1-3H3. The number of aryl methyl sites for hydroxylation is 1. The van der Waals surface area contributed by atoms with Gasteiger partial charge < -0.3 is 9.15 Å². The first-order valence-corrected chi connectivity index (χ1v) is 9.17. The molecule has 0 saturated heterocycles. The molecule has 0 unspecified atom stereocenters. The largest absolute Gasteiger partial charge is 0.488 e. The number of halogens is 2. The highest BCUT2D eigenvalue weighted by molar-refractivity contribution is 9.10. The Hall–Kier alpha value is -1.78. The molecule has 1 heterocycles. The molecule has 5 heteroatoms. The maximum atomic E-state index is 11.9. The van der Waals surface area contributed by atoms with E-state index in [1.807, 2.05) is 13.0 Å². The second-order valence-corrected chi connectivity index (χ2v) is 7.60. The Labute approximate surface area is 159 Å². The average molecular weight is 422 g/mol. The van der Waals surface area contributed by atoms with Crippen molar-refractivity contribution in [2.75, 3.05) is 0 Å². The summed E-state index contributed by atoms with van der Waals surface area (Å²) in [6, 6.07) is 10.8. The van der Waals surface area contributed by atoms with Gasteiger partial charge in [0, 0.05) is 22.0 Å². The summed E-state index contributed by atoms with van der Waals surface area (Å²) in [5.74, 6) is 1.05. The molecule has 130 valence electrons. The number of hydrogen-bond acceptors (Lipinski definition) is 3. The van der Waals surface area contributed by atoms with Crippen molar-refractivity contribution in [2.24, 2.45) is 0 Å². The highest BCUT2D eigenvalue weighted by Gasteiger charge is 2.12. The molecule has 0 aliphatic carbocycles. The first-order valence-electron chi connectivity index (χ1n) is 8.00. The number of rotatable bonds is 4. The highest BCUT2D eigenvalue weighted by atomic mass is 79.9. The minimum atomic E-state index is -0.377. The van der Waals surface area contributed by atoms with Gasteiger partial charge in [0.2, 0.25) is 0 Å². The molecule has 0 atom stereocenters. The Morgan fingerprint density at radius 1 is 1.20 bits per heavy atom. The van der Waals surface area contributed by atoms with E-state index in [9.17, 15) is 4.79 Å². The third-order valence-electron chi connectivity index (χ3n) is 4.12. The van der Waals surface area contributed by atoms with Crippen molar-refractivity contribution in [3.63, 3.8) is 0 Å². The van der Waals surface area contributed by atoms with Gasteiger partial charge in [0.15, 0.2) is 0 Å². The first-order chi connectivity index (χ1) is 11.8. The first kappa shape index (κ1) is 18.0. The Morgan fingerprint density at radius 3 is 2.64 bits per heavy atom. The molecule has 0 aliphatic rings. The van der Waals surface area contributed by atoms with Gasteiger partial charge in [-0.2, -0.15) is 0 Å². The SMILES string of the molecule is Cc1cc2oc(=O)cc(COc3ccc(Cl)cc3Br)c2cc1C(C)C. The van der Waals surface area contributed by atoms with Crippen LogP contribution in [0.15, 0.2) is 50.1 Å². The topological polar surface area (TPSA) is 39.4 Å². The van der Waals surface area contributed by atoms with Crippen LogP contribution in [-0.4, -0.2) is 0 Å². The van der Waals surface area contributed by atoms with Crippen LogP contribution in [0, 0.1) is 6.92 Å². The van der Waals surface area contributed by atoms with E-state index in [0.29, 0.717) is 22.3 Å². The van der Waals surface area contributed by atoms with Crippen molar-refractivity contribution in [3.05, 3.63) is 73.0 Å². The second-order valence-electron chi connectivity index (χ2n) is 6.31. The van der Waals surface area contributed by atoms with Gasteiger partial charge in [-0.1, -0.05) is 25.4 Å². The van der Waals surface area contributed by atoms with E-state index in [0.717, 1.165) is 21.0 Å². The molecule has 0 fully saturated rings. The molecule has 0 radical (unpaired) electrons. The number of fused-ring (bicyclic) bond motifs is 1.